The van der Waals surface area contributed by atoms with Gasteiger partial charge in [-0.05, 0) is 24.8 Å². The minimum absolute atomic E-state index is 0.633. The van der Waals surface area contributed by atoms with E-state index in [4.69, 9.17) is 0 Å². The standard InChI is InChI=1S/C16H26N6/c1-3-5-13-12-14(13)20-15(17-2)21-8-10-22(11-9-21)16-18-6-4-7-19-16/h4,6-7,13-14H,3,5,8-12H2,1-2H3,(H,17,20). The van der Waals surface area contributed by atoms with Crippen LogP contribution in [0.1, 0.15) is 26.2 Å². The summed E-state index contributed by atoms with van der Waals surface area (Å²) < 4.78 is 0. The molecular weight excluding hydrogens is 276 g/mol. The third-order valence-corrected chi connectivity index (χ3v) is 4.52. The number of aliphatic imine (C=N–C) groups is 1. The van der Waals surface area contributed by atoms with Gasteiger partial charge in [-0.2, -0.15) is 0 Å². The number of nitrogens with zero attached hydrogens (tertiary/aromatic N) is 5. The number of nitrogens with one attached hydrogen (secondary N) is 1. The van der Waals surface area contributed by atoms with Crippen molar-refractivity contribution in [2.45, 2.75) is 32.2 Å². The highest BCUT2D eigenvalue weighted by Crippen LogP contribution is 2.34. The average Bonchev–Trinajstić information content (AvgIpc) is 3.32. The van der Waals surface area contributed by atoms with Crippen molar-refractivity contribution in [3.05, 3.63) is 18.5 Å². The van der Waals surface area contributed by atoms with Gasteiger partial charge >= 0.3 is 0 Å². The smallest absolute Gasteiger partial charge is 0.225 e. The van der Waals surface area contributed by atoms with E-state index in [1.807, 2.05) is 13.1 Å². The second-order valence-corrected chi connectivity index (χ2v) is 6.11. The first kappa shape index (κ1) is 15.1. The van der Waals surface area contributed by atoms with Gasteiger partial charge in [-0.25, -0.2) is 9.97 Å². The van der Waals surface area contributed by atoms with Crippen molar-refractivity contribution in [2.75, 3.05) is 38.1 Å². The summed E-state index contributed by atoms with van der Waals surface area (Å²) >= 11 is 0. The van der Waals surface area contributed by atoms with Crippen LogP contribution in [0.2, 0.25) is 0 Å². The van der Waals surface area contributed by atoms with Gasteiger partial charge < -0.3 is 15.1 Å². The molecule has 6 heteroatoms. The van der Waals surface area contributed by atoms with Crippen LogP contribution >= 0.6 is 0 Å². The molecule has 1 aliphatic carbocycles. The molecular formula is C16H26N6. The predicted octanol–water partition coefficient (Wildman–Crippen LogP) is 1.36. The van der Waals surface area contributed by atoms with Crippen molar-refractivity contribution < 1.29 is 0 Å². The highest BCUT2D eigenvalue weighted by molar-refractivity contribution is 5.80. The van der Waals surface area contributed by atoms with Gasteiger partial charge in [0.15, 0.2) is 5.96 Å². The van der Waals surface area contributed by atoms with Crippen LogP contribution in [0.4, 0.5) is 5.95 Å². The Balaban J connectivity index is 1.50. The molecule has 0 amide bonds. The predicted molar refractivity (Wildman–Crippen MR) is 89.1 cm³/mol. The van der Waals surface area contributed by atoms with Gasteiger partial charge in [0.05, 0.1) is 0 Å². The van der Waals surface area contributed by atoms with E-state index >= 15 is 0 Å². The summed E-state index contributed by atoms with van der Waals surface area (Å²) in [7, 11) is 1.88. The molecule has 1 aromatic rings. The fraction of sp³-hybridized carbons (Fsp3) is 0.688. The summed E-state index contributed by atoms with van der Waals surface area (Å²) in [5.74, 6) is 2.73. The Labute approximate surface area is 132 Å². The highest BCUT2D eigenvalue weighted by Gasteiger charge is 2.37. The second-order valence-electron chi connectivity index (χ2n) is 6.11. The Morgan fingerprint density at radius 2 is 2.00 bits per heavy atom. The number of guanidine groups is 1. The third kappa shape index (κ3) is 3.48. The van der Waals surface area contributed by atoms with Crippen molar-refractivity contribution in [3.8, 4) is 0 Å². The van der Waals surface area contributed by atoms with E-state index in [2.05, 4.69) is 37.0 Å². The molecule has 1 aromatic heterocycles. The van der Waals surface area contributed by atoms with Crippen molar-refractivity contribution in [1.29, 1.82) is 0 Å². The molecule has 2 heterocycles. The molecule has 2 aliphatic rings. The monoisotopic (exact) mass is 302 g/mol. The molecule has 1 aliphatic heterocycles. The normalized spacial score (nSPS) is 25.3. The molecule has 6 nitrogen and oxygen atoms in total. The third-order valence-electron chi connectivity index (χ3n) is 4.52. The van der Waals surface area contributed by atoms with Crippen LogP contribution in [0, 0.1) is 5.92 Å². The summed E-state index contributed by atoms with van der Waals surface area (Å²) in [4.78, 5) is 17.7. The Bertz CT molecular complexity index is 495. The van der Waals surface area contributed by atoms with Gasteiger partial charge in [-0.1, -0.05) is 13.3 Å². The first-order chi connectivity index (χ1) is 10.8. The van der Waals surface area contributed by atoms with Gasteiger partial charge in [-0.3, -0.25) is 4.99 Å². The van der Waals surface area contributed by atoms with Crippen LogP contribution in [-0.4, -0.2) is 60.1 Å². The maximum atomic E-state index is 4.47. The molecule has 1 saturated carbocycles. The minimum atomic E-state index is 0.633. The quantitative estimate of drug-likeness (QED) is 0.672. The molecule has 0 spiro atoms. The fourth-order valence-electron chi connectivity index (χ4n) is 3.15. The van der Waals surface area contributed by atoms with Crippen molar-refractivity contribution in [1.82, 2.24) is 20.2 Å². The molecule has 0 radical (unpaired) electrons. The second kappa shape index (κ2) is 6.94. The van der Waals surface area contributed by atoms with Gasteiger partial charge in [0.1, 0.15) is 0 Å². The van der Waals surface area contributed by atoms with Crippen LogP contribution in [0.5, 0.6) is 0 Å². The summed E-state index contributed by atoms with van der Waals surface area (Å²) in [5.41, 5.74) is 0. The average molecular weight is 302 g/mol. The molecule has 2 atom stereocenters. The molecule has 2 fully saturated rings. The van der Waals surface area contributed by atoms with Gasteiger partial charge in [0, 0.05) is 51.7 Å². The van der Waals surface area contributed by atoms with E-state index in [1.54, 1.807) is 12.4 Å². The number of piperazine rings is 1. The first-order valence-electron chi connectivity index (χ1n) is 8.32. The Morgan fingerprint density at radius 3 is 2.64 bits per heavy atom. The zero-order valence-corrected chi connectivity index (χ0v) is 13.6. The summed E-state index contributed by atoms with van der Waals surface area (Å²) in [6, 6.07) is 2.49. The molecule has 1 saturated heterocycles. The van der Waals surface area contributed by atoms with Crippen LogP contribution in [0.25, 0.3) is 0 Å². The van der Waals surface area contributed by atoms with Crippen LogP contribution in [0.15, 0.2) is 23.5 Å². The van der Waals surface area contributed by atoms with Crippen molar-refractivity contribution in [3.63, 3.8) is 0 Å². The fourth-order valence-corrected chi connectivity index (χ4v) is 3.15. The molecule has 22 heavy (non-hydrogen) atoms. The lowest BCUT2D eigenvalue weighted by atomic mass is 10.2. The molecule has 120 valence electrons. The lowest BCUT2D eigenvalue weighted by molar-refractivity contribution is 0.369. The Morgan fingerprint density at radius 1 is 1.27 bits per heavy atom. The van der Waals surface area contributed by atoms with Gasteiger partial charge in [0.2, 0.25) is 5.95 Å². The SMILES string of the molecule is CCCC1CC1NC(=NC)N1CCN(c2ncccn2)CC1. The van der Waals surface area contributed by atoms with Crippen molar-refractivity contribution in [2.24, 2.45) is 10.9 Å². The lowest BCUT2D eigenvalue weighted by Gasteiger charge is -2.36. The van der Waals surface area contributed by atoms with Gasteiger partial charge in [0.25, 0.3) is 0 Å². The first-order valence-corrected chi connectivity index (χ1v) is 8.32. The van der Waals surface area contributed by atoms with E-state index in [1.165, 1.54) is 19.3 Å². The topological polar surface area (TPSA) is 56.7 Å². The maximum Gasteiger partial charge on any atom is 0.225 e. The van der Waals surface area contributed by atoms with Crippen molar-refractivity contribution >= 4 is 11.9 Å². The minimum Gasteiger partial charge on any atom is -0.353 e. The van der Waals surface area contributed by atoms with Crippen LogP contribution in [0.3, 0.4) is 0 Å². The highest BCUT2D eigenvalue weighted by atomic mass is 15.4. The van der Waals surface area contributed by atoms with E-state index in [9.17, 15) is 0 Å². The summed E-state index contributed by atoms with van der Waals surface area (Å²) in [5, 5.41) is 3.63. The van der Waals surface area contributed by atoms with Crippen LogP contribution in [-0.2, 0) is 0 Å². The molecule has 2 unspecified atom stereocenters. The van der Waals surface area contributed by atoms with Crippen LogP contribution < -0.4 is 10.2 Å². The molecule has 3 rings (SSSR count). The Hall–Kier alpha value is -1.85. The number of hydrogen-bond acceptors (Lipinski definition) is 4. The van der Waals surface area contributed by atoms with E-state index in [0.29, 0.717) is 6.04 Å². The van der Waals surface area contributed by atoms with E-state index in [-0.39, 0.29) is 0 Å². The number of rotatable bonds is 4. The van der Waals surface area contributed by atoms with E-state index in [0.717, 1.165) is 44.0 Å². The zero-order valence-electron chi connectivity index (χ0n) is 13.6. The molecule has 1 N–H and O–H groups in total. The zero-order chi connectivity index (χ0) is 15.4. The van der Waals surface area contributed by atoms with Gasteiger partial charge in [-0.15, -0.1) is 0 Å². The maximum absolute atomic E-state index is 4.47. The Kier molecular flexibility index (Phi) is 4.75. The molecule has 0 bridgehead atoms. The molecule has 0 aromatic carbocycles. The lowest BCUT2D eigenvalue weighted by Crippen LogP contribution is -2.53. The number of anilines is 1. The number of aromatic nitrogens is 2. The summed E-state index contributed by atoms with van der Waals surface area (Å²) in [6.07, 6.45) is 7.50. The van der Waals surface area contributed by atoms with E-state index < -0.39 is 0 Å². The summed E-state index contributed by atoms with van der Waals surface area (Å²) in [6.45, 7) is 6.06. The largest absolute Gasteiger partial charge is 0.353 e. The number of hydrogen-bond donors (Lipinski definition) is 1.